The molecule has 42 heavy (non-hydrogen) atoms. The summed E-state index contributed by atoms with van der Waals surface area (Å²) in [5.41, 5.74) is 9.39. The smallest absolute Gasteiger partial charge is 0.475 e. The maximum Gasteiger partial charge on any atom is 0.490 e. The van der Waals surface area contributed by atoms with Gasteiger partial charge in [-0.05, 0) is 39.9 Å². The van der Waals surface area contributed by atoms with E-state index in [1.807, 2.05) is 19.1 Å². The molecular formula is C25H29F6N5O5S. The van der Waals surface area contributed by atoms with Gasteiger partial charge in [-0.2, -0.15) is 26.3 Å². The quantitative estimate of drug-likeness (QED) is 0.278. The molecule has 0 aliphatic heterocycles. The Balaban J connectivity index is 0.000000522. The lowest BCUT2D eigenvalue weighted by Crippen LogP contribution is -2.22. The summed E-state index contributed by atoms with van der Waals surface area (Å²) in [5.74, 6) is -4.93. The van der Waals surface area contributed by atoms with Crippen LogP contribution in [0.2, 0.25) is 0 Å². The molecule has 1 unspecified atom stereocenters. The van der Waals surface area contributed by atoms with Crippen LogP contribution in [0.3, 0.4) is 0 Å². The first kappa shape index (κ1) is 36.2. The van der Waals surface area contributed by atoms with Crippen LogP contribution in [0.5, 0.6) is 0 Å². The molecule has 0 aliphatic carbocycles. The number of thiazole rings is 1. The van der Waals surface area contributed by atoms with E-state index in [2.05, 4.69) is 52.9 Å². The van der Waals surface area contributed by atoms with E-state index >= 15 is 0 Å². The Morgan fingerprint density at radius 3 is 1.93 bits per heavy atom. The zero-order valence-electron chi connectivity index (χ0n) is 22.8. The number of nitrogens with zero attached hydrogens (tertiary/aromatic N) is 3. The number of carboxylic acids is 2. The molecule has 0 aliphatic rings. The molecule has 5 N–H and O–H groups in total. The third kappa shape index (κ3) is 12.0. The molecule has 1 aromatic carbocycles. The van der Waals surface area contributed by atoms with Crippen LogP contribution in [0.25, 0.3) is 11.4 Å². The number of nitrogens with two attached hydrogens (primary N) is 1. The maximum atomic E-state index is 11.9. The van der Waals surface area contributed by atoms with Gasteiger partial charge in [-0.3, -0.25) is 9.69 Å². The van der Waals surface area contributed by atoms with Gasteiger partial charge in [-0.1, -0.05) is 24.3 Å². The zero-order chi connectivity index (χ0) is 32.4. The number of aromatic amines is 1. The number of hydrogen-bond acceptors (Lipinski definition) is 8. The minimum Gasteiger partial charge on any atom is -0.475 e. The molecule has 17 heteroatoms. The highest BCUT2D eigenvalue weighted by Crippen LogP contribution is 2.27. The lowest BCUT2D eigenvalue weighted by Gasteiger charge is -2.24. The van der Waals surface area contributed by atoms with Gasteiger partial charge in [-0.25, -0.2) is 19.6 Å². The summed E-state index contributed by atoms with van der Waals surface area (Å²) in [6, 6.07) is 9.90. The van der Waals surface area contributed by atoms with E-state index in [1.54, 1.807) is 11.3 Å². The molecule has 2 heterocycles. The Morgan fingerprint density at radius 2 is 1.52 bits per heavy atom. The number of H-pyrrole nitrogens is 1. The fourth-order valence-electron chi connectivity index (χ4n) is 3.25. The van der Waals surface area contributed by atoms with Crippen molar-refractivity contribution in [3.63, 3.8) is 0 Å². The third-order valence-corrected chi connectivity index (χ3v) is 6.24. The molecule has 0 saturated heterocycles. The number of carboxylic acid groups (broad SMARTS) is 2. The van der Waals surface area contributed by atoms with Crippen LogP contribution >= 0.6 is 11.3 Å². The van der Waals surface area contributed by atoms with Crippen LogP contribution in [-0.4, -0.2) is 67.9 Å². The second-order valence-corrected chi connectivity index (χ2v) is 10.1. The van der Waals surface area contributed by atoms with Crippen molar-refractivity contribution in [1.29, 1.82) is 0 Å². The van der Waals surface area contributed by atoms with Crippen molar-refractivity contribution in [3.8, 4) is 11.4 Å². The molecule has 0 amide bonds. The van der Waals surface area contributed by atoms with Gasteiger partial charge in [0, 0.05) is 35.2 Å². The number of aryl methyl sites for hydroxylation is 2. The average Bonchev–Trinajstić information content (AvgIpc) is 3.21. The van der Waals surface area contributed by atoms with Crippen molar-refractivity contribution >= 4 is 23.3 Å². The van der Waals surface area contributed by atoms with Crippen LogP contribution in [0.4, 0.5) is 26.3 Å². The first-order chi connectivity index (χ1) is 19.3. The number of alkyl halides is 6. The number of halogens is 6. The Hall–Kier alpha value is -3.83. The van der Waals surface area contributed by atoms with Gasteiger partial charge in [0.25, 0.3) is 5.56 Å². The van der Waals surface area contributed by atoms with Gasteiger partial charge >= 0.3 is 24.3 Å². The summed E-state index contributed by atoms with van der Waals surface area (Å²) in [5, 5.41) is 15.4. The van der Waals surface area contributed by atoms with Gasteiger partial charge in [0.1, 0.15) is 5.82 Å². The summed E-state index contributed by atoms with van der Waals surface area (Å²) in [6.45, 7) is 7.65. The molecule has 0 bridgehead atoms. The Kier molecular flexibility index (Phi) is 13.3. The number of hydrogen-bond donors (Lipinski definition) is 4. The summed E-state index contributed by atoms with van der Waals surface area (Å²) < 4.78 is 63.5. The molecule has 3 rings (SSSR count). The zero-order valence-corrected chi connectivity index (χ0v) is 23.6. The van der Waals surface area contributed by atoms with Crippen molar-refractivity contribution in [1.82, 2.24) is 19.9 Å². The van der Waals surface area contributed by atoms with E-state index in [0.29, 0.717) is 24.5 Å². The van der Waals surface area contributed by atoms with Gasteiger partial charge in [-0.15, -0.1) is 11.3 Å². The number of rotatable bonds is 7. The van der Waals surface area contributed by atoms with Crippen LogP contribution in [0.15, 0.2) is 35.1 Å². The summed E-state index contributed by atoms with van der Waals surface area (Å²) in [4.78, 5) is 45.2. The van der Waals surface area contributed by atoms with Crippen molar-refractivity contribution in [2.45, 2.75) is 52.1 Å². The lowest BCUT2D eigenvalue weighted by atomic mass is 10.1. The van der Waals surface area contributed by atoms with Crippen molar-refractivity contribution in [2.24, 2.45) is 5.73 Å². The summed E-state index contributed by atoms with van der Waals surface area (Å²) >= 11 is 1.74. The predicted octanol–water partition coefficient (Wildman–Crippen LogP) is 4.47. The highest BCUT2D eigenvalue weighted by Gasteiger charge is 2.38. The molecule has 10 nitrogen and oxygen atoms in total. The topological polar surface area (TPSA) is 162 Å². The Bertz CT molecular complexity index is 1370. The molecule has 0 saturated carbocycles. The maximum absolute atomic E-state index is 11.9. The van der Waals surface area contributed by atoms with E-state index in [1.165, 1.54) is 16.5 Å². The predicted molar refractivity (Wildman–Crippen MR) is 142 cm³/mol. The minimum atomic E-state index is -5.08. The monoisotopic (exact) mass is 625 g/mol. The largest absolute Gasteiger partial charge is 0.490 e. The SMILES string of the molecule is Cc1nc(C(C)N(C)Cc2ccc(-c3nc(CCN)cc(=O)[nH]3)cc2)c(C)s1.O=C(O)C(F)(F)F.O=C(O)C(F)(F)F. The van der Waals surface area contributed by atoms with Crippen LogP contribution in [0, 0.1) is 13.8 Å². The van der Waals surface area contributed by atoms with Crippen LogP contribution in [0.1, 0.15) is 39.8 Å². The molecular weight excluding hydrogens is 596 g/mol. The number of aromatic nitrogens is 3. The Morgan fingerprint density at radius 1 is 1.02 bits per heavy atom. The van der Waals surface area contributed by atoms with E-state index in [9.17, 15) is 31.1 Å². The van der Waals surface area contributed by atoms with Crippen molar-refractivity contribution in [2.75, 3.05) is 13.6 Å². The fourth-order valence-corrected chi connectivity index (χ4v) is 4.16. The Labute approximate surface area is 239 Å². The molecule has 0 spiro atoms. The number of nitrogens with one attached hydrogen (secondary N) is 1. The van der Waals surface area contributed by atoms with Crippen LogP contribution in [-0.2, 0) is 22.6 Å². The minimum absolute atomic E-state index is 0.153. The van der Waals surface area contributed by atoms with Crippen molar-refractivity contribution < 1.29 is 46.1 Å². The normalized spacial score (nSPS) is 12.1. The molecule has 3 aromatic rings. The summed E-state index contributed by atoms with van der Waals surface area (Å²) in [6.07, 6.45) is -9.58. The lowest BCUT2D eigenvalue weighted by molar-refractivity contribution is -0.193. The molecule has 1 atom stereocenters. The average molecular weight is 626 g/mol. The molecule has 232 valence electrons. The van der Waals surface area contributed by atoms with E-state index in [-0.39, 0.29) is 11.6 Å². The number of aliphatic carboxylic acids is 2. The third-order valence-electron chi connectivity index (χ3n) is 5.34. The number of carbonyl (C=O) groups is 2. The standard InChI is InChI=1S/C21H27N5OS.2C2HF3O2/c1-13(20-14(2)28-15(3)23-20)26(4)12-16-5-7-17(8-6-16)21-24-18(9-10-22)11-19(27)25-21;2*3-2(4,5)1(6)7/h5-8,11,13H,9-10,12,22H2,1-4H3,(H,24,25,27);2*(H,6,7). The first-order valence-corrected chi connectivity index (χ1v) is 12.7. The molecule has 0 radical (unpaired) electrons. The number of benzene rings is 1. The summed E-state index contributed by atoms with van der Waals surface area (Å²) in [7, 11) is 2.11. The van der Waals surface area contributed by atoms with Gasteiger partial charge < -0.3 is 20.9 Å². The fraction of sp³-hybridized carbons (Fsp3) is 0.400. The molecule has 2 aromatic heterocycles. The van der Waals surface area contributed by atoms with E-state index < -0.39 is 24.3 Å². The van der Waals surface area contributed by atoms with E-state index in [4.69, 9.17) is 25.5 Å². The van der Waals surface area contributed by atoms with Crippen molar-refractivity contribution in [3.05, 3.63) is 67.5 Å². The van der Waals surface area contributed by atoms with Gasteiger partial charge in [0.05, 0.1) is 16.7 Å². The highest BCUT2D eigenvalue weighted by molar-refractivity contribution is 7.11. The molecule has 0 fully saturated rings. The second kappa shape index (κ2) is 15.4. The highest BCUT2D eigenvalue weighted by atomic mass is 32.1. The first-order valence-electron chi connectivity index (χ1n) is 11.9. The van der Waals surface area contributed by atoms with Crippen LogP contribution < -0.4 is 11.3 Å². The van der Waals surface area contributed by atoms with Gasteiger partial charge in [0.2, 0.25) is 0 Å². The second-order valence-electron chi connectivity index (χ2n) is 8.69. The van der Waals surface area contributed by atoms with E-state index in [0.717, 1.165) is 22.8 Å². The van der Waals surface area contributed by atoms with Gasteiger partial charge in [0.15, 0.2) is 0 Å².